The number of pyridine rings is 1. The number of likely N-dealkylation sites (tertiary alicyclic amines) is 1. The van der Waals surface area contributed by atoms with E-state index < -0.39 is 0 Å². The van der Waals surface area contributed by atoms with E-state index in [0.29, 0.717) is 12.3 Å². The highest BCUT2D eigenvalue weighted by molar-refractivity contribution is 8.00. The lowest BCUT2D eigenvalue weighted by Crippen LogP contribution is -2.41. The zero-order chi connectivity index (χ0) is 12.8. The third-order valence-corrected chi connectivity index (χ3v) is 4.14. The maximum absolute atomic E-state index is 12.0. The van der Waals surface area contributed by atoms with Crippen molar-refractivity contribution < 1.29 is 9.90 Å². The van der Waals surface area contributed by atoms with Gasteiger partial charge in [0.1, 0.15) is 0 Å². The van der Waals surface area contributed by atoms with Gasteiger partial charge in [-0.25, -0.2) is 0 Å². The molecule has 1 aliphatic heterocycles. The van der Waals surface area contributed by atoms with Crippen LogP contribution in [0.2, 0.25) is 0 Å². The summed E-state index contributed by atoms with van der Waals surface area (Å²) >= 11 is 1.54. The summed E-state index contributed by atoms with van der Waals surface area (Å²) in [6, 6.07) is 3.81. The molecule has 1 aromatic rings. The van der Waals surface area contributed by atoms with Gasteiger partial charge in [-0.05, 0) is 30.9 Å². The van der Waals surface area contributed by atoms with E-state index in [9.17, 15) is 4.79 Å². The number of thioether (sulfide) groups is 1. The monoisotopic (exact) mass is 266 g/mol. The van der Waals surface area contributed by atoms with Crippen molar-refractivity contribution in [1.29, 1.82) is 0 Å². The van der Waals surface area contributed by atoms with Gasteiger partial charge in [-0.2, -0.15) is 0 Å². The van der Waals surface area contributed by atoms with Gasteiger partial charge in [-0.1, -0.05) is 0 Å². The van der Waals surface area contributed by atoms with E-state index in [0.717, 1.165) is 24.3 Å². The Kier molecular flexibility index (Phi) is 5.01. The molecule has 5 heteroatoms. The second kappa shape index (κ2) is 6.75. The fraction of sp³-hybridized carbons (Fsp3) is 0.538. The number of piperidine rings is 1. The molecule has 0 radical (unpaired) electrons. The van der Waals surface area contributed by atoms with Gasteiger partial charge in [-0.3, -0.25) is 9.78 Å². The average molecular weight is 266 g/mol. The van der Waals surface area contributed by atoms with Crippen molar-refractivity contribution in [2.45, 2.75) is 17.7 Å². The fourth-order valence-electron chi connectivity index (χ4n) is 2.11. The molecule has 0 spiro atoms. The van der Waals surface area contributed by atoms with E-state index in [2.05, 4.69) is 4.98 Å². The van der Waals surface area contributed by atoms with E-state index >= 15 is 0 Å². The number of aromatic nitrogens is 1. The normalized spacial score (nSPS) is 19.8. The van der Waals surface area contributed by atoms with E-state index in [4.69, 9.17) is 5.11 Å². The zero-order valence-electron chi connectivity index (χ0n) is 10.3. The second-order valence-corrected chi connectivity index (χ2v) is 5.55. The molecule has 1 unspecified atom stereocenters. The minimum Gasteiger partial charge on any atom is -0.396 e. The molecule has 2 heterocycles. The highest BCUT2D eigenvalue weighted by atomic mass is 32.2. The number of nitrogens with zero attached hydrogens (tertiary/aromatic N) is 2. The van der Waals surface area contributed by atoms with Gasteiger partial charge in [-0.15, -0.1) is 11.8 Å². The Morgan fingerprint density at radius 2 is 2.28 bits per heavy atom. The molecule has 1 atom stereocenters. The molecule has 1 aromatic heterocycles. The molecule has 1 fully saturated rings. The molecule has 0 aliphatic carbocycles. The van der Waals surface area contributed by atoms with E-state index in [1.165, 1.54) is 11.8 Å². The third-order valence-electron chi connectivity index (χ3n) is 3.14. The first-order valence-electron chi connectivity index (χ1n) is 6.21. The molecule has 4 nitrogen and oxygen atoms in total. The first-order chi connectivity index (χ1) is 8.79. The molecule has 0 bridgehead atoms. The molecule has 1 amide bonds. The number of rotatable bonds is 4. The van der Waals surface area contributed by atoms with Gasteiger partial charge in [0.05, 0.1) is 5.75 Å². The second-order valence-electron chi connectivity index (χ2n) is 4.50. The van der Waals surface area contributed by atoms with Gasteiger partial charge >= 0.3 is 0 Å². The Bertz CT molecular complexity index is 386. The molecule has 2 rings (SSSR count). The lowest BCUT2D eigenvalue weighted by atomic mass is 9.99. The highest BCUT2D eigenvalue weighted by Gasteiger charge is 2.22. The van der Waals surface area contributed by atoms with Gasteiger partial charge in [0.15, 0.2) is 0 Å². The van der Waals surface area contributed by atoms with Crippen LogP contribution in [0.15, 0.2) is 29.4 Å². The van der Waals surface area contributed by atoms with E-state index in [1.807, 2.05) is 17.0 Å². The predicted molar refractivity (Wildman–Crippen MR) is 71.4 cm³/mol. The summed E-state index contributed by atoms with van der Waals surface area (Å²) < 4.78 is 0. The number of amides is 1. The third kappa shape index (κ3) is 3.71. The van der Waals surface area contributed by atoms with Gasteiger partial charge in [0.25, 0.3) is 0 Å². The van der Waals surface area contributed by atoms with Crippen LogP contribution in [0, 0.1) is 5.92 Å². The molecular weight excluding hydrogens is 248 g/mol. The number of hydrogen-bond acceptors (Lipinski definition) is 4. The summed E-state index contributed by atoms with van der Waals surface area (Å²) in [5, 5.41) is 9.15. The molecule has 98 valence electrons. The summed E-state index contributed by atoms with van der Waals surface area (Å²) in [4.78, 5) is 18.9. The van der Waals surface area contributed by atoms with Crippen LogP contribution < -0.4 is 0 Å². The van der Waals surface area contributed by atoms with Crippen LogP contribution in [0.1, 0.15) is 12.8 Å². The average Bonchev–Trinajstić information content (AvgIpc) is 2.46. The SMILES string of the molecule is O=C(CSc1ccncc1)N1CCCC(CO)C1. The van der Waals surface area contributed by atoms with Crippen LogP contribution >= 0.6 is 11.8 Å². The van der Waals surface area contributed by atoms with Gasteiger partial charge in [0, 0.05) is 37.0 Å². The van der Waals surface area contributed by atoms with Crippen LogP contribution in [0.4, 0.5) is 0 Å². The first kappa shape index (κ1) is 13.4. The van der Waals surface area contributed by atoms with Crippen molar-refractivity contribution in [2.75, 3.05) is 25.4 Å². The quantitative estimate of drug-likeness (QED) is 0.837. The minimum absolute atomic E-state index is 0.162. The van der Waals surface area contributed by atoms with Crippen molar-refractivity contribution in [2.24, 2.45) is 5.92 Å². The number of aliphatic hydroxyl groups excluding tert-OH is 1. The predicted octanol–water partition coefficient (Wildman–Crippen LogP) is 1.40. The Balaban J connectivity index is 1.81. The summed E-state index contributed by atoms with van der Waals surface area (Å²) in [7, 11) is 0. The Morgan fingerprint density at radius 3 is 3.00 bits per heavy atom. The molecule has 1 saturated heterocycles. The highest BCUT2D eigenvalue weighted by Crippen LogP contribution is 2.20. The molecule has 0 saturated carbocycles. The maximum atomic E-state index is 12.0. The van der Waals surface area contributed by atoms with Gasteiger partial charge < -0.3 is 10.0 Å². The summed E-state index contributed by atoms with van der Waals surface area (Å²) in [6.45, 7) is 1.71. The lowest BCUT2D eigenvalue weighted by molar-refractivity contribution is -0.130. The number of carbonyl (C=O) groups excluding carboxylic acids is 1. The first-order valence-corrected chi connectivity index (χ1v) is 7.19. The molecule has 0 aromatic carbocycles. The number of hydrogen-bond donors (Lipinski definition) is 1. The van der Waals surface area contributed by atoms with Gasteiger partial charge in [0.2, 0.25) is 5.91 Å². The summed E-state index contributed by atoms with van der Waals surface area (Å²) in [5.41, 5.74) is 0. The number of carbonyl (C=O) groups is 1. The van der Waals surface area contributed by atoms with Crippen molar-refractivity contribution in [3.63, 3.8) is 0 Å². The topological polar surface area (TPSA) is 53.4 Å². The van der Waals surface area contributed by atoms with E-state index in [1.54, 1.807) is 12.4 Å². The maximum Gasteiger partial charge on any atom is 0.232 e. The molecular formula is C13H18N2O2S. The zero-order valence-corrected chi connectivity index (χ0v) is 11.1. The lowest BCUT2D eigenvalue weighted by Gasteiger charge is -2.31. The summed E-state index contributed by atoms with van der Waals surface area (Å²) in [6.07, 6.45) is 5.49. The number of aliphatic hydroxyl groups is 1. The van der Waals surface area contributed by atoms with Crippen LogP contribution in [0.3, 0.4) is 0 Å². The Morgan fingerprint density at radius 1 is 1.50 bits per heavy atom. The van der Waals surface area contributed by atoms with Crippen molar-refractivity contribution in [3.05, 3.63) is 24.5 Å². The molecule has 1 N–H and O–H groups in total. The Labute approximate surface area is 111 Å². The summed E-state index contributed by atoms with van der Waals surface area (Å²) in [5.74, 6) is 0.880. The largest absolute Gasteiger partial charge is 0.396 e. The molecule has 18 heavy (non-hydrogen) atoms. The van der Waals surface area contributed by atoms with Crippen LogP contribution in [-0.2, 0) is 4.79 Å². The van der Waals surface area contributed by atoms with Crippen LogP contribution in [0.25, 0.3) is 0 Å². The van der Waals surface area contributed by atoms with Crippen LogP contribution in [-0.4, -0.2) is 46.3 Å². The van der Waals surface area contributed by atoms with Crippen molar-refractivity contribution >= 4 is 17.7 Å². The van der Waals surface area contributed by atoms with Crippen molar-refractivity contribution in [3.8, 4) is 0 Å². The van der Waals surface area contributed by atoms with Crippen molar-refractivity contribution in [1.82, 2.24) is 9.88 Å². The standard InChI is InChI=1S/C13H18N2O2S/c16-9-11-2-1-7-15(8-11)13(17)10-18-12-3-5-14-6-4-12/h3-6,11,16H,1-2,7-10H2. The fourth-order valence-corrected chi connectivity index (χ4v) is 2.90. The molecule has 1 aliphatic rings. The minimum atomic E-state index is 0.162. The smallest absolute Gasteiger partial charge is 0.232 e. The van der Waals surface area contributed by atoms with Crippen LogP contribution in [0.5, 0.6) is 0 Å². The van der Waals surface area contributed by atoms with E-state index in [-0.39, 0.29) is 18.4 Å². The Hall–Kier alpha value is -1.07.